The molecular weight excluding hydrogens is 535 g/mol. The van der Waals surface area contributed by atoms with E-state index in [2.05, 4.69) is 41.5 Å². The van der Waals surface area contributed by atoms with Gasteiger partial charge in [-0.05, 0) is 42.0 Å². The van der Waals surface area contributed by atoms with Crippen molar-refractivity contribution >= 4 is 33.7 Å². The van der Waals surface area contributed by atoms with Gasteiger partial charge in [-0.2, -0.15) is 10.4 Å². The molecule has 200 valence electrons. The Morgan fingerprint density at radius 2 is 1.72 bits per heavy atom. The van der Waals surface area contributed by atoms with Crippen LogP contribution in [0.25, 0.3) is 21.8 Å². The van der Waals surface area contributed by atoms with Crippen LogP contribution in [0.15, 0.2) is 54.9 Å². The lowest BCUT2D eigenvalue weighted by Crippen LogP contribution is -2.36. The number of hydrogen-bond donors (Lipinski definition) is 3. The number of aromatic nitrogens is 3. The van der Waals surface area contributed by atoms with Crippen molar-refractivity contribution in [3.8, 4) is 33.6 Å². The summed E-state index contributed by atoms with van der Waals surface area (Å²) in [6.45, 7) is 2.47. The van der Waals surface area contributed by atoms with Crippen LogP contribution in [0.4, 0.5) is 34.3 Å². The van der Waals surface area contributed by atoms with Gasteiger partial charge in [-0.3, -0.25) is 5.10 Å². The molecule has 1 aliphatic heterocycles. The van der Waals surface area contributed by atoms with E-state index in [1.54, 1.807) is 24.3 Å². The first-order valence-corrected chi connectivity index (χ1v) is 12.4. The van der Waals surface area contributed by atoms with Crippen molar-refractivity contribution in [2.24, 2.45) is 0 Å². The number of ether oxygens (including phenoxy) is 2. The maximum atomic E-state index is 12.4. The number of nitriles is 1. The molecule has 0 aliphatic carbocycles. The van der Waals surface area contributed by atoms with Crippen LogP contribution in [-0.2, 0) is 4.74 Å². The molecule has 0 radical (unpaired) electrons. The normalized spacial score (nSPS) is 13.5. The number of amides is 2. The smallest absolute Gasteiger partial charge is 0.406 e. The summed E-state index contributed by atoms with van der Waals surface area (Å²) in [5.74, 6) is 0.0784. The number of nitrogens with one attached hydrogen (secondary N) is 3. The molecule has 5 rings (SSSR count). The number of morpholine rings is 1. The number of aromatic amines is 1. The average molecular weight is 556 g/mol. The molecule has 0 unspecified atom stereocenters. The van der Waals surface area contributed by atoms with Crippen LogP contribution in [0, 0.1) is 11.3 Å². The number of urea groups is 1. The maximum absolute atomic E-state index is 12.4. The number of halogens is 3. The van der Waals surface area contributed by atoms with Gasteiger partial charge in [0.15, 0.2) is 5.82 Å². The van der Waals surface area contributed by atoms with Gasteiger partial charge in [0.2, 0.25) is 0 Å². The van der Waals surface area contributed by atoms with Gasteiger partial charge in [0, 0.05) is 30.0 Å². The van der Waals surface area contributed by atoms with Crippen molar-refractivity contribution in [2.45, 2.75) is 6.36 Å². The molecule has 0 atom stereocenters. The van der Waals surface area contributed by atoms with Gasteiger partial charge < -0.3 is 25.0 Å². The van der Waals surface area contributed by atoms with Crippen LogP contribution < -0.4 is 20.3 Å². The van der Waals surface area contributed by atoms with E-state index in [4.69, 9.17) is 4.74 Å². The largest absolute Gasteiger partial charge is 0.573 e. The molecule has 1 aliphatic rings. The number of thiophene rings is 1. The van der Waals surface area contributed by atoms with Crippen LogP contribution >= 0.6 is 11.3 Å². The first-order valence-electron chi connectivity index (χ1n) is 11.6. The fourth-order valence-electron chi connectivity index (χ4n) is 4.02. The van der Waals surface area contributed by atoms with E-state index in [0.717, 1.165) is 27.6 Å². The molecule has 10 nitrogen and oxygen atoms in total. The predicted octanol–water partition coefficient (Wildman–Crippen LogP) is 5.45. The number of H-pyrrole nitrogens is 1. The number of nitrogens with zero attached hydrogens (tertiary/aromatic N) is 4. The molecule has 14 heteroatoms. The molecule has 2 aromatic carbocycles. The van der Waals surface area contributed by atoms with Crippen molar-refractivity contribution < 1.29 is 27.4 Å². The highest BCUT2D eigenvalue weighted by molar-refractivity contribution is 7.20. The average Bonchev–Trinajstić information content (AvgIpc) is 3.58. The fraction of sp³-hybridized carbons (Fsp3) is 0.200. The lowest BCUT2D eigenvalue weighted by molar-refractivity contribution is -0.274. The van der Waals surface area contributed by atoms with Crippen molar-refractivity contribution in [1.29, 1.82) is 5.26 Å². The minimum Gasteiger partial charge on any atom is -0.406 e. The van der Waals surface area contributed by atoms with Gasteiger partial charge in [-0.25, -0.2) is 9.78 Å². The topological polar surface area (TPSA) is 128 Å². The van der Waals surface area contributed by atoms with Crippen molar-refractivity contribution in [3.63, 3.8) is 0 Å². The van der Waals surface area contributed by atoms with Gasteiger partial charge in [0.25, 0.3) is 0 Å². The molecule has 0 saturated carbocycles. The van der Waals surface area contributed by atoms with Gasteiger partial charge in [0.1, 0.15) is 23.1 Å². The van der Waals surface area contributed by atoms with E-state index in [0.29, 0.717) is 48.9 Å². The monoisotopic (exact) mass is 555 g/mol. The Balaban J connectivity index is 1.34. The minimum absolute atomic E-state index is 0.280. The molecule has 0 bridgehead atoms. The summed E-state index contributed by atoms with van der Waals surface area (Å²) in [7, 11) is 0. The molecule has 1 fully saturated rings. The second kappa shape index (κ2) is 11.0. The molecule has 3 heterocycles. The van der Waals surface area contributed by atoms with Crippen LogP contribution in [0.5, 0.6) is 5.75 Å². The molecule has 0 spiro atoms. The van der Waals surface area contributed by atoms with Crippen molar-refractivity contribution in [1.82, 2.24) is 15.2 Å². The molecule has 2 aromatic heterocycles. The fourth-order valence-corrected chi connectivity index (χ4v) is 5.28. The van der Waals surface area contributed by atoms with Gasteiger partial charge in [-0.1, -0.05) is 12.1 Å². The number of carbonyl (C=O) groups is 1. The van der Waals surface area contributed by atoms with Crippen LogP contribution in [0.3, 0.4) is 0 Å². The Morgan fingerprint density at radius 3 is 2.28 bits per heavy atom. The summed E-state index contributed by atoms with van der Waals surface area (Å²) < 4.78 is 46.2. The standard InChI is InChI=1S/C25H20F3N7O3S/c26-25(27,28)38-18-7-5-17(6-8-18)33-24(36)32-16-3-1-15(2-4-16)20-19(13-29)23(35-9-11-37-12-10-35)39-21(20)22-30-14-31-34-22/h1-8,14H,9-12H2,(H,30,31,34)(H2,32,33,36). The van der Waals surface area contributed by atoms with Crippen molar-refractivity contribution in [3.05, 3.63) is 60.4 Å². The molecule has 39 heavy (non-hydrogen) atoms. The van der Waals surface area contributed by atoms with E-state index in [1.807, 2.05) is 0 Å². The summed E-state index contributed by atoms with van der Waals surface area (Å²) >= 11 is 1.44. The van der Waals surface area contributed by atoms with Crippen LogP contribution in [0.2, 0.25) is 0 Å². The molecule has 2 amide bonds. The highest BCUT2D eigenvalue weighted by atomic mass is 32.1. The van der Waals surface area contributed by atoms with E-state index in [-0.39, 0.29) is 5.69 Å². The summed E-state index contributed by atoms with van der Waals surface area (Å²) in [6.07, 6.45) is -3.32. The Morgan fingerprint density at radius 1 is 1.08 bits per heavy atom. The summed E-state index contributed by atoms with van der Waals surface area (Å²) in [4.78, 5) is 19.6. The van der Waals surface area contributed by atoms with E-state index in [1.165, 1.54) is 29.8 Å². The number of benzene rings is 2. The molecule has 1 saturated heterocycles. The Kier molecular flexibility index (Phi) is 7.35. The number of alkyl halides is 3. The zero-order valence-corrected chi connectivity index (χ0v) is 20.9. The maximum Gasteiger partial charge on any atom is 0.573 e. The first kappa shape index (κ1) is 26.0. The van der Waals surface area contributed by atoms with Gasteiger partial charge >= 0.3 is 12.4 Å². The number of rotatable bonds is 6. The predicted molar refractivity (Wildman–Crippen MR) is 139 cm³/mol. The first-order chi connectivity index (χ1) is 18.8. The van der Waals surface area contributed by atoms with Crippen molar-refractivity contribution in [2.75, 3.05) is 41.8 Å². The minimum atomic E-state index is -4.80. The zero-order valence-electron chi connectivity index (χ0n) is 20.1. The lowest BCUT2D eigenvalue weighted by atomic mass is 10.0. The lowest BCUT2D eigenvalue weighted by Gasteiger charge is -2.27. The van der Waals surface area contributed by atoms with Gasteiger partial charge in [0.05, 0.1) is 23.7 Å². The van der Waals surface area contributed by atoms with Gasteiger partial charge in [-0.15, -0.1) is 24.5 Å². The molecular formula is C25H20F3N7O3S. The summed E-state index contributed by atoms with van der Waals surface area (Å²) in [5, 5.41) is 23.1. The van der Waals surface area contributed by atoms with E-state index >= 15 is 0 Å². The summed E-state index contributed by atoms with van der Waals surface area (Å²) in [5.41, 5.74) is 2.70. The highest BCUT2D eigenvalue weighted by Gasteiger charge is 2.31. The number of carbonyl (C=O) groups excluding carboxylic acids is 1. The number of anilines is 3. The second-order valence-corrected chi connectivity index (χ2v) is 9.25. The Bertz CT molecular complexity index is 1480. The zero-order chi connectivity index (χ0) is 27.4. The molecule has 3 N–H and O–H groups in total. The van der Waals surface area contributed by atoms with Crippen LogP contribution in [-0.4, -0.2) is 53.9 Å². The quantitative estimate of drug-likeness (QED) is 0.289. The SMILES string of the molecule is N#Cc1c(N2CCOCC2)sc(-c2nc[nH]n2)c1-c1ccc(NC(=O)Nc2ccc(OC(F)(F)F)cc2)cc1. The highest BCUT2D eigenvalue weighted by Crippen LogP contribution is 2.46. The van der Waals surface area contributed by atoms with E-state index < -0.39 is 18.1 Å². The third-order valence-electron chi connectivity index (χ3n) is 5.70. The summed E-state index contributed by atoms with van der Waals surface area (Å²) in [6, 6.07) is 13.5. The third kappa shape index (κ3) is 6.11. The molecule has 4 aromatic rings. The Labute approximate surface area is 224 Å². The third-order valence-corrected chi connectivity index (χ3v) is 6.94. The Hall–Kier alpha value is -4.61. The number of hydrogen-bond acceptors (Lipinski definition) is 8. The second-order valence-electron chi connectivity index (χ2n) is 8.25. The van der Waals surface area contributed by atoms with Crippen LogP contribution in [0.1, 0.15) is 5.56 Å². The van der Waals surface area contributed by atoms with E-state index in [9.17, 15) is 23.2 Å².